The number of alkyl halides is 3. The van der Waals surface area contributed by atoms with Crippen LogP contribution in [0.2, 0.25) is 0 Å². The molecule has 0 radical (unpaired) electrons. The molecule has 0 amide bonds. The SMILES string of the molecule is CCOC(=O)C(O)c1c(C)c(F)c2ccccc2c1OS(=O)(=O)C(F)(F)F. The van der Waals surface area contributed by atoms with Crippen LogP contribution >= 0.6 is 0 Å². The standard InChI is InChI=1S/C16H14F4O6S/c1-3-25-15(22)13(21)11-8(2)12(17)9-6-4-5-7-10(9)14(11)26-27(23,24)16(18,19)20/h4-7,13,21H,3H2,1-2H3. The summed E-state index contributed by atoms with van der Waals surface area (Å²) in [6, 6.07) is 4.95. The van der Waals surface area contributed by atoms with Gasteiger partial charge in [0.25, 0.3) is 0 Å². The van der Waals surface area contributed by atoms with Crippen molar-refractivity contribution in [3.63, 3.8) is 0 Å². The van der Waals surface area contributed by atoms with Crippen molar-refractivity contribution in [1.29, 1.82) is 0 Å². The highest BCUT2D eigenvalue weighted by molar-refractivity contribution is 7.88. The van der Waals surface area contributed by atoms with Gasteiger partial charge in [0.05, 0.1) is 6.61 Å². The lowest BCUT2D eigenvalue weighted by Gasteiger charge is -2.20. The molecule has 0 spiro atoms. The van der Waals surface area contributed by atoms with E-state index in [0.717, 1.165) is 13.0 Å². The molecular formula is C16H14F4O6S. The molecule has 1 N–H and O–H groups in total. The molecule has 0 heterocycles. The molecule has 2 aromatic rings. The third-order valence-corrected chi connectivity index (χ3v) is 4.60. The number of aliphatic hydroxyl groups is 1. The number of aliphatic hydroxyl groups excluding tert-OH is 1. The summed E-state index contributed by atoms with van der Waals surface area (Å²) >= 11 is 0. The molecule has 0 aliphatic carbocycles. The molecule has 0 saturated heterocycles. The fourth-order valence-electron chi connectivity index (χ4n) is 2.42. The van der Waals surface area contributed by atoms with E-state index in [1.165, 1.54) is 25.1 Å². The lowest BCUT2D eigenvalue weighted by Crippen LogP contribution is -2.29. The number of rotatable bonds is 5. The smallest absolute Gasteiger partial charge is 0.464 e. The Morgan fingerprint density at radius 1 is 1.22 bits per heavy atom. The molecule has 6 nitrogen and oxygen atoms in total. The highest BCUT2D eigenvalue weighted by Crippen LogP contribution is 2.41. The number of benzene rings is 2. The third kappa shape index (κ3) is 3.83. The molecule has 0 aliphatic heterocycles. The summed E-state index contributed by atoms with van der Waals surface area (Å²) in [5.41, 5.74) is -7.00. The molecule has 1 unspecified atom stereocenters. The first-order chi connectivity index (χ1) is 12.4. The van der Waals surface area contributed by atoms with Gasteiger partial charge in [-0.2, -0.15) is 21.6 Å². The van der Waals surface area contributed by atoms with E-state index >= 15 is 0 Å². The Morgan fingerprint density at radius 2 is 1.78 bits per heavy atom. The van der Waals surface area contributed by atoms with Crippen LogP contribution in [0.25, 0.3) is 10.8 Å². The van der Waals surface area contributed by atoms with Crippen LogP contribution in [0.1, 0.15) is 24.2 Å². The van der Waals surface area contributed by atoms with Crippen molar-refractivity contribution in [2.75, 3.05) is 6.61 Å². The van der Waals surface area contributed by atoms with Gasteiger partial charge in [0.2, 0.25) is 0 Å². The highest BCUT2D eigenvalue weighted by Gasteiger charge is 2.49. The average Bonchev–Trinajstić information content (AvgIpc) is 2.58. The van der Waals surface area contributed by atoms with E-state index in [4.69, 9.17) is 0 Å². The van der Waals surface area contributed by atoms with Crippen LogP contribution in [0.5, 0.6) is 5.75 Å². The number of halogens is 4. The Balaban J connectivity index is 2.84. The number of fused-ring (bicyclic) bond motifs is 1. The van der Waals surface area contributed by atoms with Gasteiger partial charge in [0, 0.05) is 16.3 Å². The summed E-state index contributed by atoms with van der Waals surface area (Å²) in [5.74, 6) is -3.26. The zero-order valence-corrected chi connectivity index (χ0v) is 14.8. The van der Waals surface area contributed by atoms with E-state index in [2.05, 4.69) is 8.92 Å². The van der Waals surface area contributed by atoms with Crippen molar-refractivity contribution in [3.05, 3.63) is 41.2 Å². The first kappa shape index (κ1) is 20.9. The van der Waals surface area contributed by atoms with Gasteiger partial charge in [-0.15, -0.1) is 0 Å². The third-order valence-electron chi connectivity index (χ3n) is 3.65. The van der Waals surface area contributed by atoms with E-state index in [1.807, 2.05) is 0 Å². The zero-order chi connectivity index (χ0) is 20.6. The second-order valence-electron chi connectivity index (χ2n) is 5.37. The lowest BCUT2D eigenvalue weighted by molar-refractivity contribution is -0.153. The molecule has 148 valence electrons. The van der Waals surface area contributed by atoms with Gasteiger partial charge in [-0.3, -0.25) is 0 Å². The quantitative estimate of drug-likeness (QED) is 0.353. The minimum Gasteiger partial charge on any atom is -0.464 e. The Hall–Kier alpha value is -2.40. The van der Waals surface area contributed by atoms with Crippen LogP contribution in [0.4, 0.5) is 17.6 Å². The van der Waals surface area contributed by atoms with Crippen molar-refractivity contribution in [2.45, 2.75) is 25.5 Å². The fourth-order valence-corrected chi connectivity index (χ4v) is 2.92. The predicted molar refractivity (Wildman–Crippen MR) is 85.8 cm³/mol. The lowest BCUT2D eigenvalue weighted by atomic mass is 9.95. The molecule has 0 saturated carbocycles. The molecule has 11 heteroatoms. The maximum absolute atomic E-state index is 14.6. The van der Waals surface area contributed by atoms with Gasteiger partial charge in [0.1, 0.15) is 5.82 Å². The number of ether oxygens (including phenoxy) is 1. The predicted octanol–water partition coefficient (Wildman–Crippen LogP) is 3.11. The molecule has 0 bridgehead atoms. The fraction of sp³-hybridized carbons (Fsp3) is 0.312. The maximum Gasteiger partial charge on any atom is 0.534 e. The molecule has 0 aromatic heterocycles. The normalized spacial score (nSPS) is 13.4. The van der Waals surface area contributed by atoms with E-state index in [1.54, 1.807) is 0 Å². The van der Waals surface area contributed by atoms with Gasteiger partial charge < -0.3 is 14.0 Å². The van der Waals surface area contributed by atoms with Crippen molar-refractivity contribution in [3.8, 4) is 5.75 Å². The molecule has 2 aromatic carbocycles. The minimum absolute atomic E-state index is 0.179. The van der Waals surface area contributed by atoms with Crippen LogP contribution in [0, 0.1) is 12.7 Å². The van der Waals surface area contributed by atoms with Crippen molar-refractivity contribution >= 4 is 26.9 Å². The molecule has 0 fully saturated rings. The van der Waals surface area contributed by atoms with Gasteiger partial charge in [-0.1, -0.05) is 24.3 Å². The van der Waals surface area contributed by atoms with Crippen LogP contribution in [0.3, 0.4) is 0 Å². The highest BCUT2D eigenvalue weighted by atomic mass is 32.2. The van der Waals surface area contributed by atoms with Gasteiger partial charge in [-0.05, 0) is 19.4 Å². The largest absolute Gasteiger partial charge is 0.534 e. The summed E-state index contributed by atoms with van der Waals surface area (Å²) < 4.78 is 84.7. The zero-order valence-electron chi connectivity index (χ0n) is 14.0. The van der Waals surface area contributed by atoms with Gasteiger partial charge in [0.15, 0.2) is 11.9 Å². The summed E-state index contributed by atoms with van der Waals surface area (Å²) in [5, 5.41) is 9.55. The van der Waals surface area contributed by atoms with Crippen molar-refractivity contribution in [1.82, 2.24) is 0 Å². The van der Waals surface area contributed by atoms with Crippen LogP contribution in [-0.2, 0) is 19.6 Å². The van der Waals surface area contributed by atoms with E-state index in [9.17, 15) is 35.9 Å². The molecule has 27 heavy (non-hydrogen) atoms. The summed E-state index contributed by atoms with van der Waals surface area (Å²) in [6.07, 6.45) is -2.26. The Bertz CT molecular complexity index is 985. The Kier molecular flexibility index (Phi) is 5.66. The number of carbonyl (C=O) groups excluding carboxylic acids is 1. The van der Waals surface area contributed by atoms with Crippen LogP contribution < -0.4 is 4.18 Å². The Morgan fingerprint density at radius 3 is 2.30 bits per heavy atom. The first-order valence-electron chi connectivity index (χ1n) is 7.48. The van der Waals surface area contributed by atoms with E-state index < -0.39 is 50.4 Å². The minimum atomic E-state index is -6.15. The maximum atomic E-state index is 14.6. The van der Waals surface area contributed by atoms with Crippen molar-refractivity contribution in [2.24, 2.45) is 0 Å². The van der Waals surface area contributed by atoms with Crippen molar-refractivity contribution < 1.29 is 44.8 Å². The number of carbonyl (C=O) groups is 1. The topological polar surface area (TPSA) is 89.9 Å². The number of hydrogen-bond acceptors (Lipinski definition) is 6. The first-order valence-corrected chi connectivity index (χ1v) is 8.89. The Labute approximate surface area is 151 Å². The molecular weight excluding hydrogens is 396 g/mol. The second kappa shape index (κ2) is 7.31. The monoisotopic (exact) mass is 410 g/mol. The summed E-state index contributed by atoms with van der Waals surface area (Å²) in [4.78, 5) is 11.8. The number of hydrogen-bond donors (Lipinski definition) is 1. The van der Waals surface area contributed by atoms with Crippen LogP contribution in [-0.4, -0.2) is 31.6 Å². The van der Waals surface area contributed by atoms with E-state index in [-0.39, 0.29) is 17.4 Å². The molecule has 1 atom stereocenters. The summed E-state index contributed by atoms with van der Waals surface area (Å²) in [7, 11) is -6.15. The molecule has 0 aliphatic rings. The molecule has 2 rings (SSSR count). The number of esters is 1. The second-order valence-corrected chi connectivity index (χ2v) is 6.90. The average molecular weight is 410 g/mol. The van der Waals surface area contributed by atoms with Gasteiger partial charge in [-0.25, -0.2) is 9.18 Å². The van der Waals surface area contributed by atoms with Crippen LogP contribution in [0.15, 0.2) is 24.3 Å². The summed E-state index contributed by atoms with van der Waals surface area (Å²) in [6.45, 7) is 2.29. The van der Waals surface area contributed by atoms with Gasteiger partial charge >= 0.3 is 21.6 Å². The van der Waals surface area contributed by atoms with E-state index in [0.29, 0.717) is 0 Å².